The van der Waals surface area contributed by atoms with Gasteiger partial charge in [0.25, 0.3) is 0 Å². The van der Waals surface area contributed by atoms with Crippen LogP contribution in [0.5, 0.6) is 0 Å². The molecule has 0 saturated carbocycles. The van der Waals surface area contributed by atoms with Crippen molar-refractivity contribution in [2.24, 2.45) is 5.16 Å². The molecule has 24 heavy (non-hydrogen) atoms. The Hall–Kier alpha value is -3.15. The van der Waals surface area contributed by atoms with Crippen molar-refractivity contribution in [2.45, 2.75) is 6.61 Å². The normalized spacial score (nSPS) is 10.4. The summed E-state index contributed by atoms with van der Waals surface area (Å²) in [5.41, 5.74) is 2.63. The third-order valence-corrected chi connectivity index (χ3v) is 3.21. The van der Waals surface area contributed by atoms with Gasteiger partial charge < -0.3 is 14.3 Å². The van der Waals surface area contributed by atoms with Gasteiger partial charge in [-0.3, -0.25) is 0 Å². The highest BCUT2D eigenvalue weighted by molar-refractivity contribution is 5.90. The third-order valence-electron chi connectivity index (χ3n) is 3.21. The summed E-state index contributed by atoms with van der Waals surface area (Å²) in [4.78, 5) is 27.8. The average Bonchev–Trinajstić information content (AvgIpc) is 2.65. The van der Waals surface area contributed by atoms with Gasteiger partial charge >= 0.3 is 11.9 Å². The van der Waals surface area contributed by atoms with Gasteiger partial charge in [0.15, 0.2) is 0 Å². The molecule has 2 rings (SSSR count). The molecule has 2 aromatic carbocycles. The van der Waals surface area contributed by atoms with E-state index in [9.17, 15) is 9.59 Å². The van der Waals surface area contributed by atoms with E-state index in [0.717, 1.165) is 11.1 Å². The maximum absolute atomic E-state index is 11.3. The minimum atomic E-state index is -0.384. The first-order valence-corrected chi connectivity index (χ1v) is 7.15. The molecule has 6 heteroatoms. The number of carbonyl (C=O) groups excluding carboxylic acids is 2. The molecule has 0 bridgehead atoms. The van der Waals surface area contributed by atoms with Crippen LogP contribution in [0.4, 0.5) is 0 Å². The second-order valence-electron chi connectivity index (χ2n) is 4.81. The van der Waals surface area contributed by atoms with E-state index < -0.39 is 0 Å². The van der Waals surface area contributed by atoms with Gasteiger partial charge in [-0.2, -0.15) is 0 Å². The second-order valence-corrected chi connectivity index (χ2v) is 4.81. The molecule has 0 fully saturated rings. The summed E-state index contributed by atoms with van der Waals surface area (Å²) in [6, 6.07) is 13.7. The van der Waals surface area contributed by atoms with Crippen LogP contribution in [0.1, 0.15) is 31.8 Å². The van der Waals surface area contributed by atoms with Crippen molar-refractivity contribution in [3.8, 4) is 0 Å². The van der Waals surface area contributed by atoms with Crippen molar-refractivity contribution in [3.05, 3.63) is 70.8 Å². The quantitative estimate of drug-likeness (QED) is 0.463. The number of hydrogen-bond donors (Lipinski definition) is 0. The van der Waals surface area contributed by atoms with E-state index in [4.69, 9.17) is 4.84 Å². The Kier molecular flexibility index (Phi) is 6.08. The zero-order valence-corrected chi connectivity index (χ0v) is 13.4. The molecule has 0 spiro atoms. The Morgan fingerprint density at radius 2 is 1.38 bits per heavy atom. The topological polar surface area (TPSA) is 74.2 Å². The lowest BCUT2D eigenvalue weighted by Crippen LogP contribution is -2.01. The summed E-state index contributed by atoms with van der Waals surface area (Å²) in [5.74, 6) is -0.763. The van der Waals surface area contributed by atoms with Crippen molar-refractivity contribution in [3.63, 3.8) is 0 Å². The number of rotatable bonds is 6. The molecule has 0 aliphatic rings. The van der Waals surface area contributed by atoms with Gasteiger partial charge in [0.2, 0.25) is 0 Å². The highest BCUT2D eigenvalue weighted by Crippen LogP contribution is 2.08. The summed E-state index contributed by atoms with van der Waals surface area (Å²) in [7, 11) is 2.68. The predicted molar refractivity (Wildman–Crippen MR) is 87.9 cm³/mol. The number of ether oxygens (including phenoxy) is 2. The predicted octanol–water partition coefficient (Wildman–Crippen LogP) is 2.81. The van der Waals surface area contributed by atoms with E-state index in [2.05, 4.69) is 14.6 Å². The van der Waals surface area contributed by atoms with Crippen LogP contribution in [0.3, 0.4) is 0 Å². The van der Waals surface area contributed by atoms with Crippen LogP contribution in [-0.4, -0.2) is 32.4 Å². The Morgan fingerprint density at radius 3 is 1.88 bits per heavy atom. The van der Waals surface area contributed by atoms with Crippen molar-refractivity contribution in [1.82, 2.24) is 0 Å². The minimum absolute atomic E-state index is 0.276. The SMILES string of the molecule is COC(=O)c1ccc(/C=N/OCc2ccc(C(=O)OC)cc2)cc1. The zero-order valence-electron chi connectivity index (χ0n) is 13.4. The summed E-state index contributed by atoms with van der Waals surface area (Å²) >= 11 is 0. The van der Waals surface area contributed by atoms with Gasteiger partial charge in [-0.15, -0.1) is 0 Å². The fourth-order valence-electron chi connectivity index (χ4n) is 1.89. The number of carbonyl (C=O) groups is 2. The maximum atomic E-state index is 11.3. The lowest BCUT2D eigenvalue weighted by Gasteiger charge is -2.02. The largest absolute Gasteiger partial charge is 0.465 e. The van der Waals surface area contributed by atoms with Crippen LogP contribution in [0.25, 0.3) is 0 Å². The van der Waals surface area contributed by atoms with Crippen molar-refractivity contribution < 1.29 is 23.9 Å². The minimum Gasteiger partial charge on any atom is -0.465 e. The Balaban J connectivity index is 1.86. The summed E-state index contributed by atoms with van der Waals surface area (Å²) < 4.78 is 9.26. The summed E-state index contributed by atoms with van der Waals surface area (Å²) in [6.45, 7) is 0.276. The second kappa shape index (κ2) is 8.47. The molecule has 2 aromatic rings. The third kappa shape index (κ3) is 4.67. The lowest BCUT2D eigenvalue weighted by atomic mass is 10.1. The highest BCUT2D eigenvalue weighted by atomic mass is 16.6. The zero-order chi connectivity index (χ0) is 17.4. The molecule has 0 atom stereocenters. The number of benzene rings is 2. The van der Waals surface area contributed by atoms with E-state index >= 15 is 0 Å². The monoisotopic (exact) mass is 327 g/mol. The smallest absolute Gasteiger partial charge is 0.337 e. The van der Waals surface area contributed by atoms with Crippen LogP contribution < -0.4 is 0 Å². The van der Waals surface area contributed by atoms with Crippen molar-refractivity contribution in [1.29, 1.82) is 0 Å². The first kappa shape index (κ1) is 17.2. The molecule has 0 amide bonds. The maximum Gasteiger partial charge on any atom is 0.337 e. The van der Waals surface area contributed by atoms with E-state index in [0.29, 0.717) is 11.1 Å². The first-order chi connectivity index (χ1) is 11.6. The van der Waals surface area contributed by atoms with E-state index in [1.807, 2.05) is 0 Å². The molecule has 0 radical (unpaired) electrons. The van der Waals surface area contributed by atoms with Gasteiger partial charge in [-0.25, -0.2) is 9.59 Å². The van der Waals surface area contributed by atoms with Crippen LogP contribution in [0, 0.1) is 0 Å². The Bertz CT molecular complexity index is 720. The average molecular weight is 327 g/mol. The highest BCUT2D eigenvalue weighted by Gasteiger charge is 2.04. The molecular weight excluding hydrogens is 310 g/mol. The molecule has 0 saturated heterocycles. The van der Waals surface area contributed by atoms with Gasteiger partial charge in [-0.05, 0) is 35.4 Å². The number of nitrogens with zero attached hydrogens (tertiary/aromatic N) is 1. The van der Waals surface area contributed by atoms with E-state index in [1.54, 1.807) is 54.7 Å². The lowest BCUT2D eigenvalue weighted by molar-refractivity contribution is 0.0591. The fraction of sp³-hybridized carbons (Fsp3) is 0.167. The Morgan fingerprint density at radius 1 is 0.875 bits per heavy atom. The molecule has 0 N–H and O–H groups in total. The van der Waals surface area contributed by atoms with Gasteiger partial charge in [0, 0.05) is 0 Å². The molecule has 124 valence electrons. The Labute approximate surface area is 139 Å². The van der Waals surface area contributed by atoms with E-state index in [1.165, 1.54) is 14.2 Å². The number of oxime groups is 1. The molecule has 0 aliphatic carbocycles. The van der Waals surface area contributed by atoms with Crippen molar-refractivity contribution in [2.75, 3.05) is 14.2 Å². The van der Waals surface area contributed by atoms with Gasteiger partial charge in [0.05, 0.1) is 31.6 Å². The molecule has 0 heterocycles. The fourth-order valence-corrected chi connectivity index (χ4v) is 1.89. The first-order valence-electron chi connectivity index (χ1n) is 7.15. The van der Waals surface area contributed by atoms with Gasteiger partial charge in [-0.1, -0.05) is 29.4 Å². The van der Waals surface area contributed by atoms with Crippen LogP contribution >= 0.6 is 0 Å². The van der Waals surface area contributed by atoms with Crippen LogP contribution in [0.2, 0.25) is 0 Å². The van der Waals surface area contributed by atoms with Crippen LogP contribution in [-0.2, 0) is 20.9 Å². The summed E-state index contributed by atoms with van der Waals surface area (Å²) in [5, 5.41) is 3.87. The molecule has 0 aliphatic heterocycles. The summed E-state index contributed by atoms with van der Waals surface area (Å²) in [6.07, 6.45) is 1.55. The number of hydrogen-bond acceptors (Lipinski definition) is 6. The molecular formula is C18H17NO5. The molecule has 0 aromatic heterocycles. The van der Waals surface area contributed by atoms with E-state index in [-0.39, 0.29) is 18.5 Å². The molecule has 0 unspecified atom stereocenters. The van der Waals surface area contributed by atoms with Gasteiger partial charge in [0.1, 0.15) is 6.61 Å². The number of methoxy groups -OCH3 is 2. The number of esters is 2. The van der Waals surface area contributed by atoms with Crippen molar-refractivity contribution >= 4 is 18.2 Å². The standard InChI is InChI=1S/C18H17NO5/c1-22-17(20)15-7-3-13(4-8-15)11-19-24-12-14-5-9-16(10-6-14)18(21)23-2/h3-11H,12H2,1-2H3/b19-11+. The molecule has 6 nitrogen and oxygen atoms in total. The van der Waals surface area contributed by atoms with Crippen LogP contribution in [0.15, 0.2) is 53.7 Å².